The number of ether oxygens (including phenoxy) is 1. The van der Waals surface area contributed by atoms with E-state index in [0.29, 0.717) is 12.8 Å². The van der Waals surface area contributed by atoms with E-state index < -0.39 is 11.6 Å². The number of fused-ring (bicyclic) bond motifs is 1. The van der Waals surface area contributed by atoms with Gasteiger partial charge in [-0.3, -0.25) is 0 Å². The van der Waals surface area contributed by atoms with Gasteiger partial charge < -0.3 is 9.84 Å². The average molecular weight is 290 g/mol. The summed E-state index contributed by atoms with van der Waals surface area (Å²) in [6.07, 6.45) is 3.93. The Morgan fingerprint density at radius 1 is 1.25 bits per heavy atom. The van der Waals surface area contributed by atoms with Gasteiger partial charge in [-0.05, 0) is 42.5 Å². The zero-order chi connectivity index (χ0) is 14.0. The maximum atomic E-state index is 12.1. The first kappa shape index (κ1) is 13.6. The molecule has 0 bridgehead atoms. The molecule has 4 heteroatoms. The third kappa shape index (κ3) is 2.58. The SMILES string of the molecule is O=C(OCc1csc2ccccc12)C1(O)CCCCC1. The lowest BCUT2D eigenvalue weighted by Crippen LogP contribution is -2.41. The molecular formula is C16H18O3S. The molecule has 1 saturated carbocycles. The Morgan fingerprint density at radius 3 is 2.80 bits per heavy atom. The van der Waals surface area contributed by atoms with Crippen LogP contribution in [0.15, 0.2) is 29.6 Å². The number of carbonyl (C=O) groups is 1. The third-order valence-corrected chi connectivity index (χ3v) is 4.99. The molecule has 0 aliphatic heterocycles. The lowest BCUT2D eigenvalue weighted by Gasteiger charge is -2.29. The van der Waals surface area contributed by atoms with Crippen LogP contribution in [0.2, 0.25) is 0 Å². The molecule has 0 unspecified atom stereocenters. The van der Waals surface area contributed by atoms with Gasteiger partial charge >= 0.3 is 5.97 Å². The third-order valence-electron chi connectivity index (χ3n) is 3.98. The summed E-state index contributed by atoms with van der Waals surface area (Å²) in [5.74, 6) is -0.465. The molecule has 106 valence electrons. The predicted molar refractivity (Wildman–Crippen MR) is 79.7 cm³/mol. The molecule has 0 amide bonds. The van der Waals surface area contributed by atoms with Gasteiger partial charge in [0.15, 0.2) is 5.60 Å². The normalized spacial score (nSPS) is 18.1. The van der Waals surface area contributed by atoms with Crippen LogP contribution in [-0.2, 0) is 16.1 Å². The van der Waals surface area contributed by atoms with Crippen LogP contribution in [0.4, 0.5) is 0 Å². The molecule has 1 heterocycles. The van der Waals surface area contributed by atoms with Gasteiger partial charge in [0.05, 0.1) is 0 Å². The summed E-state index contributed by atoms with van der Waals surface area (Å²) in [6.45, 7) is 0.241. The summed E-state index contributed by atoms with van der Waals surface area (Å²) >= 11 is 1.65. The van der Waals surface area contributed by atoms with Crippen LogP contribution in [0.1, 0.15) is 37.7 Å². The van der Waals surface area contributed by atoms with Crippen LogP contribution in [0, 0.1) is 0 Å². The van der Waals surface area contributed by atoms with Crippen LogP contribution in [-0.4, -0.2) is 16.7 Å². The summed E-state index contributed by atoms with van der Waals surface area (Å²) in [7, 11) is 0. The van der Waals surface area contributed by atoms with Gasteiger partial charge in [0.25, 0.3) is 0 Å². The van der Waals surface area contributed by atoms with E-state index in [2.05, 4.69) is 6.07 Å². The van der Waals surface area contributed by atoms with Crippen molar-refractivity contribution >= 4 is 27.4 Å². The highest BCUT2D eigenvalue weighted by Gasteiger charge is 2.38. The average Bonchev–Trinajstić information content (AvgIpc) is 2.89. The molecule has 1 fully saturated rings. The van der Waals surface area contributed by atoms with Gasteiger partial charge in [0, 0.05) is 10.3 Å². The van der Waals surface area contributed by atoms with Crippen LogP contribution < -0.4 is 0 Å². The number of thiophene rings is 1. The second kappa shape index (κ2) is 5.54. The number of esters is 1. The number of benzene rings is 1. The highest BCUT2D eigenvalue weighted by atomic mass is 32.1. The molecule has 1 aliphatic rings. The smallest absolute Gasteiger partial charge is 0.338 e. The molecule has 1 N–H and O–H groups in total. The van der Waals surface area contributed by atoms with Crippen molar-refractivity contribution in [3.05, 3.63) is 35.2 Å². The molecule has 3 rings (SSSR count). The fraction of sp³-hybridized carbons (Fsp3) is 0.438. The maximum absolute atomic E-state index is 12.1. The number of aliphatic hydroxyl groups is 1. The van der Waals surface area contributed by atoms with Crippen molar-refractivity contribution in [1.82, 2.24) is 0 Å². The van der Waals surface area contributed by atoms with Gasteiger partial charge in [0.2, 0.25) is 0 Å². The van der Waals surface area contributed by atoms with E-state index in [1.54, 1.807) is 11.3 Å². The predicted octanol–water partition coefficient (Wildman–Crippen LogP) is 3.64. The van der Waals surface area contributed by atoms with Crippen molar-refractivity contribution in [2.75, 3.05) is 0 Å². The summed E-state index contributed by atoms with van der Waals surface area (Å²) in [4.78, 5) is 12.1. The lowest BCUT2D eigenvalue weighted by atomic mass is 9.85. The number of hydrogen-bond acceptors (Lipinski definition) is 4. The van der Waals surface area contributed by atoms with Crippen molar-refractivity contribution in [2.45, 2.75) is 44.3 Å². The van der Waals surface area contributed by atoms with E-state index in [4.69, 9.17) is 4.74 Å². The van der Waals surface area contributed by atoms with E-state index in [-0.39, 0.29) is 6.61 Å². The minimum atomic E-state index is -1.26. The lowest BCUT2D eigenvalue weighted by molar-refractivity contribution is -0.170. The monoisotopic (exact) mass is 290 g/mol. The Labute approximate surface area is 122 Å². The van der Waals surface area contributed by atoms with Gasteiger partial charge in [-0.15, -0.1) is 11.3 Å². The molecule has 0 saturated heterocycles. The molecule has 0 spiro atoms. The molecule has 0 radical (unpaired) electrons. The minimum absolute atomic E-state index is 0.241. The van der Waals surface area contributed by atoms with Crippen LogP contribution in [0.3, 0.4) is 0 Å². The Bertz CT molecular complexity index is 611. The van der Waals surface area contributed by atoms with E-state index >= 15 is 0 Å². The topological polar surface area (TPSA) is 46.5 Å². The van der Waals surface area contributed by atoms with E-state index in [9.17, 15) is 9.90 Å². The molecule has 20 heavy (non-hydrogen) atoms. The number of carbonyl (C=O) groups excluding carboxylic acids is 1. The van der Waals surface area contributed by atoms with Crippen LogP contribution in [0.25, 0.3) is 10.1 Å². The van der Waals surface area contributed by atoms with Crippen molar-refractivity contribution in [1.29, 1.82) is 0 Å². The Kier molecular flexibility index (Phi) is 3.76. The standard InChI is InChI=1S/C16H18O3S/c17-15(16(18)8-4-1-5-9-16)19-10-12-11-20-14-7-3-2-6-13(12)14/h2-3,6-7,11,18H,1,4-5,8-10H2. The maximum Gasteiger partial charge on any atom is 0.338 e. The van der Waals surface area contributed by atoms with Gasteiger partial charge in [0.1, 0.15) is 6.61 Å². The summed E-state index contributed by atoms with van der Waals surface area (Å²) in [5.41, 5.74) is -0.247. The fourth-order valence-electron chi connectivity index (χ4n) is 2.76. The molecule has 3 nitrogen and oxygen atoms in total. The highest BCUT2D eigenvalue weighted by molar-refractivity contribution is 7.17. The second-order valence-corrected chi connectivity index (χ2v) is 6.34. The van der Waals surface area contributed by atoms with E-state index in [1.807, 2.05) is 23.6 Å². The molecule has 1 aromatic heterocycles. The summed E-state index contributed by atoms with van der Waals surface area (Å²) < 4.78 is 6.54. The summed E-state index contributed by atoms with van der Waals surface area (Å²) in [6, 6.07) is 8.07. The molecular weight excluding hydrogens is 272 g/mol. The fourth-order valence-corrected chi connectivity index (χ4v) is 3.71. The zero-order valence-electron chi connectivity index (χ0n) is 11.3. The Hall–Kier alpha value is -1.39. The molecule has 1 aromatic carbocycles. The number of rotatable bonds is 3. The van der Waals surface area contributed by atoms with Crippen molar-refractivity contribution in [3.8, 4) is 0 Å². The molecule has 1 aliphatic carbocycles. The zero-order valence-corrected chi connectivity index (χ0v) is 12.1. The first-order valence-corrected chi connectivity index (χ1v) is 7.92. The van der Waals surface area contributed by atoms with Crippen molar-refractivity contribution in [2.24, 2.45) is 0 Å². The molecule has 2 aromatic rings. The highest BCUT2D eigenvalue weighted by Crippen LogP contribution is 2.30. The first-order chi connectivity index (χ1) is 9.69. The second-order valence-electron chi connectivity index (χ2n) is 5.43. The van der Waals surface area contributed by atoms with E-state index in [1.165, 1.54) is 4.70 Å². The largest absolute Gasteiger partial charge is 0.459 e. The van der Waals surface area contributed by atoms with Crippen LogP contribution >= 0.6 is 11.3 Å². The van der Waals surface area contributed by atoms with Crippen molar-refractivity contribution in [3.63, 3.8) is 0 Å². The van der Waals surface area contributed by atoms with Gasteiger partial charge in [-0.1, -0.05) is 24.6 Å². The van der Waals surface area contributed by atoms with Gasteiger partial charge in [-0.25, -0.2) is 4.79 Å². The minimum Gasteiger partial charge on any atom is -0.459 e. The van der Waals surface area contributed by atoms with Crippen LogP contribution in [0.5, 0.6) is 0 Å². The summed E-state index contributed by atoms with van der Waals surface area (Å²) in [5, 5.41) is 13.5. The van der Waals surface area contributed by atoms with Crippen molar-refractivity contribution < 1.29 is 14.6 Å². The van der Waals surface area contributed by atoms with E-state index in [0.717, 1.165) is 30.2 Å². The quantitative estimate of drug-likeness (QED) is 0.878. The number of hydrogen-bond donors (Lipinski definition) is 1. The molecule has 0 atom stereocenters. The Balaban J connectivity index is 1.68. The Morgan fingerprint density at radius 2 is 2.00 bits per heavy atom. The first-order valence-electron chi connectivity index (χ1n) is 7.04. The van der Waals surface area contributed by atoms with Gasteiger partial charge in [-0.2, -0.15) is 0 Å².